The van der Waals surface area contributed by atoms with Crippen LogP contribution in [0.4, 0.5) is 0 Å². The van der Waals surface area contributed by atoms with Crippen molar-refractivity contribution in [1.82, 2.24) is 9.62 Å². The Balaban J connectivity index is 1.96. The number of carbonyl (C=O) groups is 1. The average Bonchev–Trinajstić information content (AvgIpc) is 2.68. The van der Waals surface area contributed by atoms with E-state index in [-0.39, 0.29) is 10.8 Å². The number of nitrogens with one attached hydrogen (secondary N) is 1. The van der Waals surface area contributed by atoms with Gasteiger partial charge in [-0.3, -0.25) is 4.79 Å². The molecule has 0 unspecified atom stereocenters. The Morgan fingerprint density at radius 1 is 1.22 bits per heavy atom. The summed E-state index contributed by atoms with van der Waals surface area (Å²) in [5.41, 5.74) is 1.09. The van der Waals surface area contributed by atoms with Gasteiger partial charge < -0.3 is 19.5 Å². The molecule has 0 atom stereocenters. The third kappa shape index (κ3) is 6.25. The number of aryl methyl sites for hydroxylation is 1. The van der Waals surface area contributed by atoms with E-state index < -0.39 is 10.0 Å². The van der Waals surface area contributed by atoms with Crippen LogP contribution in [0.15, 0.2) is 23.1 Å². The van der Waals surface area contributed by atoms with Crippen LogP contribution in [0.5, 0.6) is 0 Å². The molecule has 1 N–H and O–H groups in total. The minimum atomic E-state index is -3.63. The second-order valence-corrected chi connectivity index (χ2v) is 8.15. The fraction of sp³-hybridized carbons (Fsp3) is 0.611. The molecular weight excluding hydrogens is 372 g/mol. The first kappa shape index (κ1) is 21.8. The van der Waals surface area contributed by atoms with E-state index in [9.17, 15) is 13.2 Å². The predicted molar refractivity (Wildman–Crippen MR) is 100 cm³/mol. The van der Waals surface area contributed by atoms with E-state index in [1.165, 1.54) is 10.4 Å². The first-order valence-electron chi connectivity index (χ1n) is 9.00. The molecule has 0 radical (unpaired) electrons. The highest BCUT2D eigenvalue weighted by Gasteiger charge is 2.27. The summed E-state index contributed by atoms with van der Waals surface area (Å²) >= 11 is 0. The number of rotatable bonds is 10. The fourth-order valence-electron chi connectivity index (χ4n) is 2.66. The third-order valence-electron chi connectivity index (χ3n) is 4.24. The highest BCUT2D eigenvalue weighted by molar-refractivity contribution is 7.89. The maximum atomic E-state index is 12.8. The molecule has 1 amide bonds. The molecule has 2 rings (SSSR count). The zero-order valence-electron chi connectivity index (χ0n) is 15.9. The Morgan fingerprint density at radius 3 is 2.67 bits per heavy atom. The third-order valence-corrected chi connectivity index (χ3v) is 6.14. The van der Waals surface area contributed by atoms with Gasteiger partial charge in [0.25, 0.3) is 5.91 Å². The van der Waals surface area contributed by atoms with Gasteiger partial charge in [0.05, 0.1) is 31.3 Å². The first-order valence-corrected chi connectivity index (χ1v) is 10.4. The summed E-state index contributed by atoms with van der Waals surface area (Å²) < 4.78 is 42.4. The van der Waals surface area contributed by atoms with Crippen molar-refractivity contribution in [3.8, 4) is 0 Å². The van der Waals surface area contributed by atoms with Crippen molar-refractivity contribution in [3.05, 3.63) is 29.3 Å². The predicted octanol–water partition coefficient (Wildman–Crippen LogP) is 0.799. The minimum Gasteiger partial charge on any atom is -0.382 e. The highest BCUT2D eigenvalue weighted by Crippen LogP contribution is 2.20. The van der Waals surface area contributed by atoms with Crippen LogP contribution in [0.1, 0.15) is 22.3 Å². The summed E-state index contributed by atoms with van der Waals surface area (Å²) in [5, 5.41) is 2.81. The van der Waals surface area contributed by atoms with Crippen molar-refractivity contribution in [2.24, 2.45) is 0 Å². The molecule has 0 aliphatic carbocycles. The minimum absolute atomic E-state index is 0.128. The Kier molecular flexibility index (Phi) is 8.65. The van der Waals surface area contributed by atoms with Crippen LogP contribution in [0.3, 0.4) is 0 Å². The standard InChI is InChI=1S/C18H28N2O6S/c1-15-4-5-16(27(22,23)20-7-10-26-11-8-20)14-17(15)18(21)19-6-3-9-25-13-12-24-2/h4-5,14H,3,6-13H2,1-2H3,(H,19,21). The van der Waals surface area contributed by atoms with Gasteiger partial charge in [-0.1, -0.05) is 6.07 Å². The topological polar surface area (TPSA) is 94.2 Å². The summed E-state index contributed by atoms with van der Waals surface area (Å²) in [7, 11) is -2.02. The van der Waals surface area contributed by atoms with Crippen LogP contribution in [0.25, 0.3) is 0 Å². The number of methoxy groups -OCH3 is 1. The lowest BCUT2D eigenvalue weighted by molar-refractivity contribution is 0.0688. The number of hydrogen-bond acceptors (Lipinski definition) is 6. The number of hydrogen-bond donors (Lipinski definition) is 1. The van der Waals surface area contributed by atoms with Crippen LogP contribution >= 0.6 is 0 Å². The molecule has 8 nitrogen and oxygen atoms in total. The van der Waals surface area contributed by atoms with Gasteiger partial charge in [0.15, 0.2) is 0 Å². The van der Waals surface area contributed by atoms with Crippen LogP contribution in [-0.2, 0) is 24.2 Å². The highest BCUT2D eigenvalue weighted by atomic mass is 32.2. The molecule has 1 fully saturated rings. The molecule has 1 aliphatic rings. The summed E-state index contributed by atoms with van der Waals surface area (Å²) in [5.74, 6) is -0.289. The van der Waals surface area contributed by atoms with Gasteiger partial charge in [0, 0.05) is 38.9 Å². The molecule has 0 saturated carbocycles. The van der Waals surface area contributed by atoms with Crippen molar-refractivity contribution < 1.29 is 27.4 Å². The number of nitrogens with zero attached hydrogens (tertiary/aromatic N) is 1. The van der Waals surface area contributed by atoms with E-state index in [1.54, 1.807) is 26.2 Å². The molecule has 152 valence electrons. The van der Waals surface area contributed by atoms with Gasteiger partial charge in [-0.25, -0.2) is 8.42 Å². The molecule has 9 heteroatoms. The molecule has 0 aromatic heterocycles. The molecular formula is C18H28N2O6S. The molecule has 1 heterocycles. The van der Waals surface area contributed by atoms with Crippen molar-refractivity contribution in [3.63, 3.8) is 0 Å². The second-order valence-electron chi connectivity index (χ2n) is 6.21. The summed E-state index contributed by atoms with van der Waals surface area (Å²) in [6.45, 7) is 5.21. The number of benzene rings is 1. The van der Waals surface area contributed by atoms with E-state index in [1.807, 2.05) is 0 Å². The quantitative estimate of drug-likeness (QED) is 0.584. The normalized spacial score (nSPS) is 15.6. The number of carbonyl (C=O) groups excluding carboxylic acids is 1. The number of morpholine rings is 1. The van der Waals surface area contributed by atoms with Gasteiger partial charge in [-0.05, 0) is 31.0 Å². The van der Waals surface area contributed by atoms with Gasteiger partial charge in [0.2, 0.25) is 10.0 Å². The monoisotopic (exact) mass is 400 g/mol. The Morgan fingerprint density at radius 2 is 1.96 bits per heavy atom. The lowest BCUT2D eigenvalue weighted by Crippen LogP contribution is -2.40. The molecule has 1 aromatic carbocycles. The van der Waals surface area contributed by atoms with Crippen LogP contribution in [0, 0.1) is 6.92 Å². The van der Waals surface area contributed by atoms with Gasteiger partial charge in [-0.2, -0.15) is 4.31 Å². The lowest BCUT2D eigenvalue weighted by Gasteiger charge is -2.26. The van der Waals surface area contributed by atoms with E-state index in [0.717, 1.165) is 5.56 Å². The fourth-order valence-corrected chi connectivity index (χ4v) is 4.09. The van der Waals surface area contributed by atoms with Gasteiger partial charge in [0.1, 0.15) is 0 Å². The van der Waals surface area contributed by atoms with Crippen LogP contribution in [-0.4, -0.2) is 78.4 Å². The molecule has 0 bridgehead atoms. The van der Waals surface area contributed by atoms with E-state index in [0.29, 0.717) is 64.7 Å². The van der Waals surface area contributed by atoms with Crippen LogP contribution < -0.4 is 5.32 Å². The zero-order chi connectivity index (χ0) is 19.7. The Labute approximate surface area is 160 Å². The van der Waals surface area contributed by atoms with Gasteiger partial charge in [-0.15, -0.1) is 0 Å². The van der Waals surface area contributed by atoms with Crippen LogP contribution in [0.2, 0.25) is 0 Å². The molecule has 0 spiro atoms. The molecule has 1 aromatic rings. The number of amides is 1. The molecule has 27 heavy (non-hydrogen) atoms. The van der Waals surface area contributed by atoms with Crippen molar-refractivity contribution >= 4 is 15.9 Å². The molecule has 1 saturated heterocycles. The largest absolute Gasteiger partial charge is 0.382 e. The zero-order valence-corrected chi connectivity index (χ0v) is 16.7. The second kappa shape index (κ2) is 10.7. The smallest absolute Gasteiger partial charge is 0.251 e. The number of ether oxygens (including phenoxy) is 3. The van der Waals surface area contributed by atoms with Gasteiger partial charge >= 0.3 is 0 Å². The summed E-state index contributed by atoms with van der Waals surface area (Å²) in [6, 6.07) is 4.65. The summed E-state index contributed by atoms with van der Waals surface area (Å²) in [4.78, 5) is 12.6. The maximum Gasteiger partial charge on any atom is 0.251 e. The Hall–Kier alpha value is -1.52. The summed E-state index contributed by atoms with van der Waals surface area (Å²) in [6.07, 6.45) is 0.667. The lowest BCUT2D eigenvalue weighted by atomic mass is 10.1. The first-order chi connectivity index (χ1) is 13.0. The van der Waals surface area contributed by atoms with E-state index >= 15 is 0 Å². The van der Waals surface area contributed by atoms with Crippen molar-refractivity contribution in [2.45, 2.75) is 18.2 Å². The Bertz CT molecular complexity index is 717. The maximum absolute atomic E-state index is 12.8. The number of sulfonamides is 1. The molecule has 1 aliphatic heterocycles. The average molecular weight is 400 g/mol. The SMILES string of the molecule is COCCOCCCNC(=O)c1cc(S(=O)(=O)N2CCOCC2)ccc1C. The van der Waals surface area contributed by atoms with Crippen molar-refractivity contribution in [2.75, 3.05) is 59.8 Å². The van der Waals surface area contributed by atoms with Crippen molar-refractivity contribution in [1.29, 1.82) is 0 Å². The van der Waals surface area contributed by atoms with E-state index in [4.69, 9.17) is 14.2 Å². The van der Waals surface area contributed by atoms with E-state index in [2.05, 4.69) is 5.32 Å².